The average Bonchev–Trinajstić information content (AvgIpc) is 3.02. The molecule has 0 aliphatic carbocycles. The third-order valence-electron chi connectivity index (χ3n) is 4.51. The number of ether oxygens (including phenoxy) is 2. The van der Waals surface area contributed by atoms with Gasteiger partial charge in [-0.2, -0.15) is 10.5 Å². The Bertz CT molecular complexity index is 1030. The van der Waals surface area contributed by atoms with Crippen LogP contribution < -0.4 is 14.4 Å². The molecule has 0 aromatic heterocycles. The van der Waals surface area contributed by atoms with Gasteiger partial charge < -0.3 is 19.5 Å². The van der Waals surface area contributed by atoms with E-state index < -0.39 is 0 Å². The number of carbonyl (C=O) groups is 1. The van der Waals surface area contributed by atoms with E-state index in [1.165, 1.54) is 12.1 Å². The Morgan fingerprint density at radius 3 is 2.59 bits per heavy atom. The average molecular weight is 390 g/mol. The molecule has 2 aromatic rings. The predicted molar refractivity (Wildman–Crippen MR) is 104 cm³/mol. The fourth-order valence-corrected chi connectivity index (χ4v) is 3.16. The van der Waals surface area contributed by atoms with Gasteiger partial charge in [0.05, 0.1) is 17.7 Å². The van der Waals surface area contributed by atoms with Crippen molar-refractivity contribution in [1.82, 2.24) is 0 Å². The molecule has 0 radical (unpaired) electrons. The molecule has 0 unspecified atom stereocenters. The topological polar surface area (TPSA) is 108 Å². The Balaban J connectivity index is 1.97. The van der Waals surface area contributed by atoms with Crippen LogP contribution in [0.1, 0.15) is 28.4 Å². The number of nitriles is 2. The molecule has 7 nitrogen and oxygen atoms in total. The fraction of sp³-hybridized carbons (Fsp3) is 0.227. The summed E-state index contributed by atoms with van der Waals surface area (Å²) < 4.78 is 11.4. The summed E-state index contributed by atoms with van der Waals surface area (Å²) in [6.45, 7) is 2.74. The minimum absolute atomic E-state index is 0.0408. The smallest absolute Gasteiger partial charge is 0.231 e. The third kappa shape index (κ3) is 4.21. The summed E-state index contributed by atoms with van der Waals surface area (Å²) in [5.74, 6) is 0.691. The standard InChI is InChI=1S/C22H19N3O4/c1-2-28-19-6-4-3-5-15(19)13-20-21(27)16-7-8-18(26)17(22(16)29-20)14-25(11-9-23)12-10-24/h3-8,13,26H,2,11-12,14H2,1H3/p+1/b20-13+. The third-order valence-corrected chi connectivity index (χ3v) is 4.51. The number of hydrogen-bond donors (Lipinski definition) is 2. The maximum atomic E-state index is 12.8. The van der Waals surface area contributed by atoms with Crippen molar-refractivity contribution < 1.29 is 24.3 Å². The molecule has 0 saturated carbocycles. The van der Waals surface area contributed by atoms with Gasteiger partial charge in [-0.25, -0.2) is 0 Å². The summed E-state index contributed by atoms with van der Waals surface area (Å²) in [6.07, 6.45) is 1.61. The second-order valence-corrected chi connectivity index (χ2v) is 6.45. The highest BCUT2D eigenvalue weighted by atomic mass is 16.5. The molecule has 2 N–H and O–H groups in total. The van der Waals surface area contributed by atoms with E-state index >= 15 is 0 Å². The Kier molecular flexibility index (Phi) is 6.13. The summed E-state index contributed by atoms with van der Waals surface area (Å²) in [5, 5.41) is 28.3. The Labute approximate surface area is 168 Å². The highest BCUT2D eigenvalue weighted by Crippen LogP contribution is 2.39. The van der Waals surface area contributed by atoms with Crippen LogP contribution in [0.3, 0.4) is 0 Å². The van der Waals surface area contributed by atoms with Crippen molar-refractivity contribution >= 4 is 11.9 Å². The summed E-state index contributed by atoms with van der Waals surface area (Å²) in [5.41, 5.74) is 1.45. The molecule has 0 bridgehead atoms. The molecule has 29 heavy (non-hydrogen) atoms. The number of hydrogen-bond acceptors (Lipinski definition) is 6. The van der Waals surface area contributed by atoms with Gasteiger partial charge in [-0.3, -0.25) is 4.79 Å². The van der Waals surface area contributed by atoms with E-state index in [9.17, 15) is 9.90 Å². The number of Topliss-reactive ketones (excluding diaryl/α,β-unsaturated/α-hetero) is 1. The largest absolute Gasteiger partial charge is 0.507 e. The van der Waals surface area contributed by atoms with Gasteiger partial charge in [0.25, 0.3) is 0 Å². The minimum atomic E-state index is -0.297. The van der Waals surface area contributed by atoms with E-state index in [-0.39, 0.29) is 42.7 Å². The van der Waals surface area contributed by atoms with Gasteiger partial charge in [0, 0.05) is 5.56 Å². The summed E-state index contributed by atoms with van der Waals surface area (Å²) in [6, 6.07) is 14.3. The van der Waals surface area contributed by atoms with Crippen molar-refractivity contribution in [2.24, 2.45) is 0 Å². The van der Waals surface area contributed by atoms with Crippen LogP contribution in [0.2, 0.25) is 0 Å². The van der Waals surface area contributed by atoms with E-state index in [0.29, 0.717) is 33.9 Å². The number of benzene rings is 2. The van der Waals surface area contributed by atoms with Crippen LogP contribution in [0.5, 0.6) is 17.2 Å². The first-order valence-electron chi connectivity index (χ1n) is 9.17. The number of aromatic hydroxyl groups is 1. The number of nitrogens with one attached hydrogen (secondary N) is 1. The predicted octanol–water partition coefficient (Wildman–Crippen LogP) is 1.84. The van der Waals surface area contributed by atoms with Crippen LogP contribution in [0.15, 0.2) is 42.2 Å². The van der Waals surface area contributed by atoms with Gasteiger partial charge in [0.1, 0.15) is 30.2 Å². The highest BCUT2D eigenvalue weighted by molar-refractivity contribution is 6.15. The molecule has 146 valence electrons. The molecular weight excluding hydrogens is 370 g/mol. The number of para-hydroxylation sites is 1. The van der Waals surface area contributed by atoms with Crippen LogP contribution in [0.25, 0.3) is 6.08 Å². The molecule has 3 rings (SSSR count). The minimum Gasteiger partial charge on any atom is -0.507 e. The summed E-state index contributed by atoms with van der Waals surface area (Å²) in [4.78, 5) is 13.5. The molecular formula is C22H20N3O4+. The first kappa shape index (κ1) is 19.9. The van der Waals surface area contributed by atoms with Gasteiger partial charge in [-0.15, -0.1) is 0 Å². The summed E-state index contributed by atoms with van der Waals surface area (Å²) >= 11 is 0. The lowest BCUT2D eigenvalue weighted by Crippen LogP contribution is -3.10. The molecule has 0 amide bonds. The van der Waals surface area contributed by atoms with Crippen molar-refractivity contribution in [3.05, 3.63) is 58.8 Å². The fourth-order valence-electron chi connectivity index (χ4n) is 3.16. The molecule has 0 atom stereocenters. The molecule has 2 aromatic carbocycles. The molecule has 1 aliphatic rings. The first-order chi connectivity index (χ1) is 14.1. The van der Waals surface area contributed by atoms with E-state index in [1.54, 1.807) is 6.08 Å². The van der Waals surface area contributed by atoms with E-state index in [4.69, 9.17) is 20.0 Å². The van der Waals surface area contributed by atoms with E-state index in [0.717, 1.165) is 0 Å². The summed E-state index contributed by atoms with van der Waals surface area (Å²) in [7, 11) is 0. The Morgan fingerprint density at radius 2 is 1.90 bits per heavy atom. The van der Waals surface area contributed by atoms with Crippen molar-refractivity contribution in [3.63, 3.8) is 0 Å². The lowest BCUT2D eigenvalue weighted by Gasteiger charge is -2.15. The zero-order chi connectivity index (χ0) is 20.8. The molecule has 0 saturated heterocycles. The van der Waals surface area contributed by atoms with Crippen LogP contribution in [-0.4, -0.2) is 30.6 Å². The van der Waals surface area contributed by atoms with Gasteiger partial charge in [-0.05, 0) is 31.2 Å². The van der Waals surface area contributed by atoms with Crippen molar-refractivity contribution in [1.29, 1.82) is 10.5 Å². The maximum absolute atomic E-state index is 12.8. The number of quaternary nitrogens is 1. The second kappa shape index (κ2) is 8.92. The maximum Gasteiger partial charge on any atom is 0.231 e. The van der Waals surface area contributed by atoms with Crippen LogP contribution in [-0.2, 0) is 6.54 Å². The van der Waals surface area contributed by atoms with Gasteiger partial charge in [-0.1, -0.05) is 18.2 Å². The molecule has 1 heterocycles. The quantitative estimate of drug-likeness (QED) is 0.552. The monoisotopic (exact) mass is 390 g/mol. The second-order valence-electron chi connectivity index (χ2n) is 6.45. The van der Waals surface area contributed by atoms with Crippen molar-refractivity contribution in [2.45, 2.75) is 13.5 Å². The Morgan fingerprint density at radius 1 is 1.17 bits per heavy atom. The SMILES string of the molecule is CCOc1ccccc1/C=C1/Oc2c(ccc(O)c2C[NH+](CC#N)CC#N)C1=O. The van der Waals surface area contributed by atoms with Crippen LogP contribution >= 0.6 is 0 Å². The zero-order valence-corrected chi connectivity index (χ0v) is 15.9. The number of phenols is 1. The van der Waals surface area contributed by atoms with E-state index in [2.05, 4.69) is 0 Å². The van der Waals surface area contributed by atoms with Crippen LogP contribution in [0.4, 0.5) is 0 Å². The zero-order valence-electron chi connectivity index (χ0n) is 15.9. The lowest BCUT2D eigenvalue weighted by atomic mass is 10.0. The first-order valence-corrected chi connectivity index (χ1v) is 9.17. The van der Waals surface area contributed by atoms with Gasteiger partial charge >= 0.3 is 0 Å². The normalized spacial score (nSPS) is 13.7. The van der Waals surface area contributed by atoms with Crippen molar-refractivity contribution in [3.8, 4) is 29.4 Å². The molecule has 0 spiro atoms. The van der Waals surface area contributed by atoms with Crippen LogP contribution in [0, 0.1) is 22.7 Å². The van der Waals surface area contributed by atoms with Gasteiger partial charge in [0.15, 0.2) is 24.6 Å². The number of rotatable bonds is 7. The number of carbonyl (C=O) groups excluding carboxylic acids is 1. The number of phenolic OH excluding ortho intramolecular Hbond substituents is 1. The molecule has 1 aliphatic heterocycles. The number of nitrogens with zero attached hydrogens (tertiary/aromatic N) is 2. The lowest BCUT2D eigenvalue weighted by molar-refractivity contribution is -0.899. The number of allylic oxidation sites excluding steroid dienone is 1. The number of ketones is 1. The molecule has 7 heteroatoms. The molecule has 0 fully saturated rings. The highest BCUT2D eigenvalue weighted by Gasteiger charge is 2.32. The Hall–Kier alpha value is -3.81. The van der Waals surface area contributed by atoms with Gasteiger partial charge in [0.2, 0.25) is 5.78 Å². The number of fused-ring (bicyclic) bond motifs is 1. The van der Waals surface area contributed by atoms with E-state index in [1.807, 2.05) is 43.3 Å². The van der Waals surface area contributed by atoms with Crippen molar-refractivity contribution in [2.75, 3.05) is 19.7 Å².